The van der Waals surface area contributed by atoms with Crippen LogP contribution in [0.15, 0.2) is 29.6 Å². The van der Waals surface area contributed by atoms with Gasteiger partial charge < -0.3 is 0 Å². The molecular weight excluding hydrogens is 301 g/mol. The maximum atomic E-state index is 12.9. The molecule has 0 aliphatic heterocycles. The van der Waals surface area contributed by atoms with Crippen molar-refractivity contribution < 1.29 is 4.39 Å². The van der Waals surface area contributed by atoms with E-state index in [1.165, 1.54) is 12.1 Å². The number of nitrogens with zero attached hydrogens (tertiary/aromatic N) is 1. The van der Waals surface area contributed by atoms with E-state index in [9.17, 15) is 4.39 Å². The minimum absolute atomic E-state index is 0.188. The van der Waals surface area contributed by atoms with Gasteiger partial charge in [0.15, 0.2) is 0 Å². The van der Waals surface area contributed by atoms with Crippen LogP contribution in [0.25, 0.3) is 0 Å². The Balaban J connectivity index is 2.13. The van der Waals surface area contributed by atoms with Gasteiger partial charge in [-0.3, -0.25) is 0 Å². The number of alkyl halides is 1. The second kappa shape index (κ2) is 5.74. The van der Waals surface area contributed by atoms with Crippen molar-refractivity contribution in [3.05, 3.63) is 51.7 Å². The van der Waals surface area contributed by atoms with Gasteiger partial charge in [0.05, 0.1) is 5.01 Å². The second-order valence-corrected chi connectivity index (χ2v) is 5.58. The van der Waals surface area contributed by atoms with E-state index in [0.29, 0.717) is 5.92 Å². The van der Waals surface area contributed by atoms with Gasteiger partial charge in [-0.2, -0.15) is 0 Å². The third-order valence-corrected chi connectivity index (χ3v) is 4.39. The molecule has 0 saturated carbocycles. The highest BCUT2D eigenvalue weighted by molar-refractivity contribution is 9.09. The normalized spacial score (nSPS) is 12.6. The highest BCUT2D eigenvalue weighted by atomic mass is 79.9. The van der Waals surface area contributed by atoms with Crippen LogP contribution in [0.5, 0.6) is 0 Å². The number of hydrogen-bond donors (Lipinski definition) is 0. The molecule has 1 atom stereocenters. The van der Waals surface area contributed by atoms with Crippen LogP contribution in [-0.2, 0) is 6.42 Å². The van der Waals surface area contributed by atoms with Crippen LogP contribution in [0.4, 0.5) is 4.39 Å². The van der Waals surface area contributed by atoms with E-state index in [1.54, 1.807) is 11.3 Å². The van der Waals surface area contributed by atoms with Crippen molar-refractivity contribution in [3.8, 4) is 0 Å². The Labute approximate surface area is 113 Å². The van der Waals surface area contributed by atoms with E-state index in [-0.39, 0.29) is 5.82 Å². The van der Waals surface area contributed by atoms with Crippen LogP contribution >= 0.6 is 27.3 Å². The molecule has 4 heteroatoms. The van der Waals surface area contributed by atoms with E-state index in [4.69, 9.17) is 0 Å². The predicted octanol–water partition coefficient (Wildman–Crippen LogP) is 4.31. The molecule has 2 aromatic rings. The standard InChI is InChI=1S/C13H13BrFNS/c1-9-8-17-13(16-9)6-11(7-14)10-2-4-12(15)5-3-10/h2-5,8,11H,6-7H2,1H3. The molecule has 0 saturated heterocycles. The Bertz CT molecular complexity index is 480. The molecule has 90 valence electrons. The number of aryl methyl sites for hydroxylation is 1. The Hall–Kier alpha value is -0.740. The fraction of sp³-hybridized carbons (Fsp3) is 0.308. The molecule has 0 aliphatic carbocycles. The minimum Gasteiger partial charge on any atom is -0.247 e. The lowest BCUT2D eigenvalue weighted by Gasteiger charge is -2.12. The van der Waals surface area contributed by atoms with E-state index in [2.05, 4.69) is 26.3 Å². The summed E-state index contributed by atoms with van der Waals surface area (Å²) in [7, 11) is 0. The van der Waals surface area contributed by atoms with Crippen LogP contribution in [0.2, 0.25) is 0 Å². The average molecular weight is 314 g/mol. The zero-order valence-electron chi connectivity index (χ0n) is 9.49. The third kappa shape index (κ3) is 3.36. The maximum Gasteiger partial charge on any atom is 0.123 e. The maximum absolute atomic E-state index is 12.9. The molecule has 0 bridgehead atoms. The summed E-state index contributed by atoms with van der Waals surface area (Å²) in [6.45, 7) is 2.00. The number of rotatable bonds is 4. The van der Waals surface area contributed by atoms with Gasteiger partial charge in [0, 0.05) is 22.8 Å². The molecular formula is C13H13BrFNS. The summed E-state index contributed by atoms with van der Waals surface area (Å²) in [6.07, 6.45) is 0.898. The monoisotopic (exact) mass is 313 g/mol. The van der Waals surface area contributed by atoms with Gasteiger partial charge in [0.25, 0.3) is 0 Å². The molecule has 1 aromatic carbocycles. The molecule has 1 unspecified atom stereocenters. The molecule has 0 amide bonds. The summed E-state index contributed by atoms with van der Waals surface area (Å²) >= 11 is 5.20. The predicted molar refractivity (Wildman–Crippen MR) is 73.5 cm³/mol. The summed E-state index contributed by atoms with van der Waals surface area (Å²) in [5.74, 6) is 0.160. The number of hydrogen-bond acceptors (Lipinski definition) is 2. The van der Waals surface area contributed by atoms with Crippen molar-refractivity contribution in [2.45, 2.75) is 19.3 Å². The Morgan fingerprint density at radius 2 is 2.06 bits per heavy atom. The average Bonchev–Trinajstić information content (AvgIpc) is 2.73. The van der Waals surface area contributed by atoms with E-state index >= 15 is 0 Å². The first-order chi connectivity index (χ1) is 8.19. The summed E-state index contributed by atoms with van der Waals surface area (Å²) < 4.78 is 12.9. The molecule has 2 rings (SSSR count). The number of thiazole rings is 1. The first-order valence-electron chi connectivity index (χ1n) is 5.41. The first kappa shape index (κ1) is 12.7. The van der Waals surface area contributed by atoms with Crippen LogP contribution in [0.1, 0.15) is 22.2 Å². The second-order valence-electron chi connectivity index (χ2n) is 3.99. The van der Waals surface area contributed by atoms with E-state index in [1.807, 2.05) is 19.1 Å². The van der Waals surface area contributed by atoms with Gasteiger partial charge in [-0.05, 0) is 30.5 Å². The Morgan fingerprint density at radius 1 is 1.35 bits per heavy atom. The fourth-order valence-corrected chi connectivity index (χ4v) is 3.16. The molecule has 1 aromatic heterocycles. The lowest BCUT2D eigenvalue weighted by molar-refractivity contribution is 0.625. The lowest BCUT2D eigenvalue weighted by atomic mass is 9.98. The molecule has 17 heavy (non-hydrogen) atoms. The van der Waals surface area contributed by atoms with Crippen molar-refractivity contribution >= 4 is 27.3 Å². The third-order valence-electron chi connectivity index (χ3n) is 2.62. The summed E-state index contributed by atoms with van der Waals surface area (Å²) in [5, 5.41) is 4.05. The molecule has 1 heterocycles. The number of halogens is 2. The smallest absolute Gasteiger partial charge is 0.123 e. The highest BCUT2D eigenvalue weighted by Crippen LogP contribution is 2.24. The first-order valence-corrected chi connectivity index (χ1v) is 7.41. The molecule has 0 N–H and O–H groups in total. The summed E-state index contributed by atoms with van der Waals surface area (Å²) in [4.78, 5) is 4.47. The van der Waals surface area contributed by atoms with Gasteiger partial charge in [-0.25, -0.2) is 9.37 Å². The van der Waals surface area contributed by atoms with E-state index < -0.39 is 0 Å². The zero-order valence-corrected chi connectivity index (χ0v) is 11.9. The van der Waals surface area contributed by atoms with Crippen molar-refractivity contribution in [1.82, 2.24) is 4.98 Å². The highest BCUT2D eigenvalue weighted by Gasteiger charge is 2.13. The van der Waals surface area contributed by atoms with Crippen LogP contribution in [-0.4, -0.2) is 10.3 Å². The fourth-order valence-electron chi connectivity index (χ4n) is 1.70. The van der Waals surface area contributed by atoms with Gasteiger partial charge >= 0.3 is 0 Å². The minimum atomic E-state index is -0.188. The number of benzene rings is 1. The lowest BCUT2D eigenvalue weighted by Crippen LogP contribution is -2.04. The molecule has 1 nitrogen and oxygen atoms in total. The zero-order chi connectivity index (χ0) is 12.3. The van der Waals surface area contributed by atoms with Crippen molar-refractivity contribution in [3.63, 3.8) is 0 Å². The Kier molecular flexibility index (Phi) is 4.29. The molecule has 0 radical (unpaired) electrons. The van der Waals surface area contributed by atoms with Crippen LogP contribution in [0, 0.1) is 12.7 Å². The van der Waals surface area contributed by atoms with Crippen LogP contribution in [0.3, 0.4) is 0 Å². The van der Waals surface area contributed by atoms with Crippen molar-refractivity contribution in [1.29, 1.82) is 0 Å². The number of aromatic nitrogens is 1. The quantitative estimate of drug-likeness (QED) is 0.766. The Morgan fingerprint density at radius 3 is 2.59 bits per heavy atom. The molecule has 0 aliphatic rings. The van der Waals surface area contributed by atoms with Crippen molar-refractivity contribution in [2.75, 3.05) is 5.33 Å². The van der Waals surface area contributed by atoms with Gasteiger partial charge in [0.2, 0.25) is 0 Å². The molecule has 0 spiro atoms. The van der Waals surface area contributed by atoms with E-state index in [0.717, 1.165) is 28.0 Å². The molecule has 0 fully saturated rings. The van der Waals surface area contributed by atoms with Gasteiger partial charge in [-0.1, -0.05) is 28.1 Å². The van der Waals surface area contributed by atoms with Crippen molar-refractivity contribution in [2.24, 2.45) is 0 Å². The summed E-state index contributed by atoms with van der Waals surface area (Å²) in [6, 6.07) is 6.72. The SMILES string of the molecule is Cc1csc(CC(CBr)c2ccc(F)cc2)n1. The van der Waals surface area contributed by atoms with Gasteiger partial charge in [0.1, 0.15) is 5.82 Å². The van der Waals surface area contributed by atoms with Crippen LogP contribution < -0.4 is 0 Å². The summed E-state index contributed by atoms with van der Waals surface area (Å²) in [5.41, 5.74) is 2.22. The largest absolute Gasteiger partial charge is 0.247 e. The van der Waals surface area contributed by atoms with Gasteiger partial charge in [-0.15, -0.1) is 11.3 Å². The topological polar surface area (TPSA) is 12.9 Å².